The highest BCUT2D eigenvalue weighted by Gasteiger charge is 2.32. The molecule has 0 bridgehead atoms. The Bertz CT molecular complexity index is 981. The van der Waals surface area contributed by atoms with Gasteiger partial charge in [0, 0.05) is 29.2 Å². The summed E-state index contributed by atoms with van der Waals surface area (Å²) in [5.74, 6) is 1.45. The van der Waals surface area contributed by atoms with E-state index in [1.807, 2.05) is 18.2 Å². The first-order valence-electron chi connectivity index (χ1n) is 9.49. The van der Waals surface area contributed by atoms with Gasteiger partial charge in [-0.3, -0.25) is 4.79 Å². The van der Waals surface area contributed by atoms with Crippen LogP contribution in [-0.2, 0) is 19.4 Å². The average Bonchev–Trinajstić information content (AvgIpc) is 3.03. The van der Waals surface area contributed by atoms with Gasteiger partial charge < -0.3 is 9.47 Å². The zero-order valence-electron chi connectivity index (χ0n) is 16.2. The van der Waals surface area contributed by atoms with Crippen LogP contribution >= 0.6 is 0 Å². The predicted molar refractivity (Wildman–Crippen MR) is 114 cm³/mol. The standard InChI is InChI=1S/C24H24NO3.CH4/c1-27-22-14-19-13-20(24(26)21(19)15-23(22)28-2)12-17-8-10-25(11-9-17)16-18-6-4-3-5-7-18;/h3-11,14-15,20H,12-13,16H2,1-2H3;1H4/q+1;. The molecule has 0 radical (unpaired) electrons. The first kappa shape index (κ1) is 20.6. The quantitative estimate of drug-likeness (QED) is 0.590. The minimum Gasteiger partial charge on any atom is -0.493 e. The second-order valence-electron chi connectivity index (χ2n) is 7.20. The molecule has 4 rings (SSSR count). The number of ketones is 1. The van der Waals surface area contributed by atoms with Crippen LogP contribution in [0.2, 0.25) is 0 Å². The van der Waals surface area contributed by atoms with Gasteiger partial charge in [0.2, 0.25) is 0 Å². The molecule has 1 unspecified atom stereocenters. The number of pyridine rings is 1. The van der Waals surface area contributed by atoms with Gasteiger partial charge in [-0.25, -0.2) is 4.57 Å². The van der Waals surface area contributed by atoms with Crippen molar-refractivity contribution in [3.8, 4) is 11.5 Å². The van der Waals surface area contributed by atoms with E-state index < -0.39 is 0 Å². The van der Waals surface area contributed by atoms with Crippen molar-refractivity contribution < 1.29 is 18.8 Å². The number of hydrogen-bond acceptors (Lipinski definition) is 3. The predicted octanol–water partition coefficient (Wildman–Crippen LogP) is 4.27. The Morgan fingerprint density at radius 3 is 2.24 bits per heavy atom. The molecule has 1 aliphatic rings. The largest absolute Gasteiger partial charge is 0.493 e. The van der Waals surface area contributed by atoms with E-state index in [1.54, 1.807) is 14.2 Å². The summed E-state index contributed by atoms with van der Waals surface area (Å²) < 4.78 is 12.9. The van der Waals surface area contributed by atoms with Crippen LogP contribution in [0.5, 0.6) is 11.5 Å². The SMILES string of the molecule is C.COc1cc2c(cc1OC)C(=O)C(Cc1cc[n+](Cc3ccccc3)cc1)C2. The fourth-order valence-corrected chi connectivity index (χ4v) is 3.87. The van der Waals surface area contributed by atoms with E-state index in [0.29, 0.717) is 11.5 Å². The summed E-state index contributed by atoms with van der Waals surface area (Å²) in [6, 6.07) is 18.4. The van der Waals surface area contributed by atoms with Crippen LogP contribution in [0.3, 0.4) is 0 Å². The molecule has 0 saturated heterocycles. The lowest BCUT2D eigenvalue weighted by Gasteiger charge is -2.09. The summed E-state index contributed by atoms with van der Waals surface area (Å²) in [6.45, 7) is 0.842. The average molecular weight is 391 g/mol. The third-order valence-corrected chi connectivity index (χ3v) is 5.36. The third-order valence-electron chi connectivity index (χ3n) is 5.36. The molecule has 150 valence electrons. The zero-order valence-corrected chi connectivity index (χ0v) is 16.2. The monoisotopic (exact) mass is 390 g/mol. The number of fused-ring (bicyclic) bond motifs is 1. The molecule has 0 spiro atoms. The van der Waals surface area contributed by atoms with Crippen molar-refractivity contribution in [3.05, 3.63) is 89.2 Å². The van der Waals surface area contributed by atoms with Crippen LogP contribution in [-0.4, -0.2) is 20.0 Å². The number of carbonyl (C=O) groups excluding carboxylic acids is 1. The van der Waals surface area contributed by atoms with Crippen molar-refractivity contribution in [1.29, 1.82) is 0 Å². The lowest BCUT2D eigenvalue weighted by Crippen LogP contribution is -2.33. The number of rotatable bonds is 6. The van der Waals surface area contributed by atoms with Gasteiger partial charge in [-0.1, -0.05) is 37.8 Å². The number of carbonyl (C=O) groups is 1. The van der Waals surface area contributed by atoms with E-state index in [9.17, 15) is 4.79 Å². The molecular formula is C25H28NO3+. The Kier molecular flexibility index (Phi) is 6.32. The highest BCUT2D eigenvalue weighted by atomic mass is 16.5. The van der Waals surface area contributed by atoms with E-state index in [4.69, 9.17) is 9.47 Å². The van der Waals surface area contributed by atoms with Gasteiger partial charge in [0.05, 0.1) is 14.2 Å². The summed E-state index contributed by atoms with van der Waals surface area (Å²) in [4.78, 5) is 12.9. The molecule has 0 aliphatic heterocycles. The smallest absolute Gasteiger partial charge is 0.173 e. The van der Waals surface area contributed by atoms with E-state index in [1.165, 1.54) is 11.1 Å². The van der Waals surface area contributed by atoms with Crippen molar-refractivity contribution in [2.75, 3.05) is 14.2 Å². The maximum Gasteiger partial charge on any atom is 0.173 e. The molecule has 29 heavy (non-hydrogen) atoms. The van der Waals surface area contributed by atoms with E-state index in [2.05, 4.69) is 53.4 Å². The Morgan fingerprint density at radius 1 is 0.931 bits per heavy atom. The van der Waals surface area contributed by atoms with Gasteiger partial charge in [0.1, 0.15) is 0 Å². The summed E-state index contributed by atoms with van der Waals surface area (Å²) >= 11 is 0. The number of nitrogens with zero attached hydrogens (tertiary/aromatic N) is 1. The maximum atomic E-state index is 12.9. The summed E-state index contributed by atoms with van der Waals surface area (Å²) in [5.41, 5.74) is 4.25. The molecule has 3 aromatic rings. The topological polar surface area (TPSA) is 39.4 Å². The third kappa shape index (κ3) is 4.32. The molecule has 2 aromatic carbocycles. The second-order valence-corrected chi connectivity index (χ2v) is 7.20. The maximum absolute atomic E-state index is 12.9. The van der Waals surface area contributed by atoms with Crippen molar-refractivity contribution in [2.45, 2.75) is 26.8 Å². The lowest BCUT2D eigenvalue weighted by molar-refractivity contribution is -0.688. The Hall–Kier alpha value is -3.14. The number of hydrogen-bond donors (Lipinski definition) is 0. The van der Waals surface area contributed by atoms with Gasteiger partial charge in [-0.2, -0.15) is 0 Å². The van der Waals surface area contributed by atoms with Crippen LogP contribution in [0.15, 0.2) is 67.0 Å². The summed E-state index contributed by atoms with van der Waals surface area (Å²) in [5, 5.41) is 0. The summed E-state index contributed by atoms with van der Waals surface area (Å²) in [7, 11) is 3.21. The molecule has 1 aromatic heterocycles. The molecule has 0 saturated carbocycles. The van der Waals surface area contributed by atoms with Gasteiger partial charge in [0.15, 0.2) is 36.2 Å². The first-order chi connectivity index (χ1) is 13.7. The Balaban J connectivity index is 0.00000240. The van der Waals surface area contributed by atoms with Gasteiger partial charge in [-0.05, 0) is 36.1 Å². The van der Waals surface area contributed by atoms with Crippen molar-refractivity contribution in [3.63, 3.8) is 0 Å². The Labute approximate surface area is 172 Å². The zero-order chi connectivity index (χ0) is 19.5. The second kappa shape index (κ2) is 8.91. The highest BCUT2D eigenvalue weighted by molar-refractivity contribution is 6.03. The fraction of sp³-hybridized carbons (Fsp3) is 0.280. The number of methoxy groups -OCH3 is 2. The van der Waals surface area contributed by atoms with Crippen LogP contribution in [0.4, 0.5) is 0 Å². The molecule has 0 amide bonds. The molecule has 0 N–H and O–H groups in total. The van der Waals surface area contributed by atoms with E-state index >= 15 is 0 Å². The van der Waals surface area contributed by atoms with Crippen LogP contribution < -0.4 is 14.0 Å². The number of aromatic nitrogens is 1. The first-order valence-corrected chi connectivity index (χ1v) is 9.49. The molecule has 1 aliphatic carbocycles. The molecule has 4 nitrogen and oxygen atoms in total. The van der Waals surface area contributed by atoms with E-state index in [-0.39, 0.29) is 19.1 Å². The molecule has 4 heteroatoms. The normalized spacial score (nSPS) is 14.8. The highest BCUT2D eigenvalue weighted by Crippen LogP contribution is 2.37. The lowest BCUT2D eigenvalue weighted by atomic mass is 9.96. The molecule has 1 atom stereocenters. The van der Waals surface area contributed by atoms with Crippen LogP contribution in [0.25, 0.3) is 0 Å². The minimum absolute atomic E-state index is 0. The molecule has 1 heterocycles. The van der Waals surface area contributed by atoms with Crippen LogP contribution in [0, 0.1) is 5.92 Å². The fourth-order valence-electron chi connectivity index (χ4n) is 3.87. The number of Topliss-reactive ketones (excluding diaryl/α,β-unsaturated/α-hetero) is 1. The molecular weight excluding hydrogens is 362 g/mol. The van der Waals surface area contributed by atoms with Crippen LogP contribution in [0.1, 0.15) is 34.5 Å². The molecule has 0 fully saturated rings. The summed E-state index contributed by atoms with van der Waals surface area (Å²) in [6.07, 6.45) is 5.65. The Morgan fingerprint density at radius 2 is 1.59 bits per heavy atom. The minimum atomic E-state index is -0.0308. The van der Waals surface area contributed by atoms with Gasteiger partial charge in [-0.15, -0.1) is 0 Å². The van der Waals surface area contributed by atoms with Crippen molar-refractivity contribution in [1.82, 2.24) is 0 Å². The van der Waals surface area contributed by atoms with Crippen molar-refractivity contribution >= 4 is 5.78 Å². The van der Waals surface area contributed by atoms with Gasteiger partial charge in [0.25, 0.3) is 0 Å². The van der Waals surface area contributed by atoms with Crippen molar-refractivity contribution in [2.24, 2.45) is 5.92 Å². The van der Waals surface area contributed by atoms with Gasteiger partial charge >= 0.3 is 0 Å². The number of benzene rings is 2. The number of ether oxygens (including phenoxy) is 2. The van der Waals surface area contributed by atoms with E-state index in [0.717, 1.165) is 30.5 Å².